The van der Waals surface area contributed by atoms with Gasteiger partial charge in [0, 0.05) is 20.1 Å². The number of carboxylic acid groups (broad SMARTS) is 1. The number of methoxy groups -OCH3 is 1. The first kappa shape index (κ1) is 12.4. The fourth-order valence-corrected chi connectivity index (χ4v) is 1.18. The van der Waals surface area contributed by atoms with E-state index in [0.29, 0.717) is 19.6 Å². The molecule has 0 unspecified atom stereocenters. The molecule has 0 aliphatic heterocycles. The maximum absolute atomic E-state index is 12.8. The minimum atomic E-state index is -1.21. The van der Waals surface area contributed by atoms with Gasteiger partial charge in [0.2, 0.25) is 0 Å². The van der Waals surface area contributed by atoms with Crippen LogP contribution < -0.4 is 4.74 Å². The molecule has 0 heterocycles. The van der Waals surface area contributed by atoms with Gasteiger partial charge in [-0.3, -0.25) is 0 Å². The molecule has 1 aromatic carbocycles. The van der Waals surface area contributed by atoms with Gasteiger partial charge >= 0.3 is 5.97 Å². The zero-order chi connectivity index (χ0) is 12.0. The largest absolute Gasteiger partial charge is 0.493 e. The van der Waals surface area contributed by atoms with Crippen LogP contribution in [0.5, 0.6) is 5.75 Å². The molecule has 5 heteroatoms. The van der Waals surface area contributed by atoms with Crippen molar-refractivity contribution in [2.45, 2.75) is 6.42 Å². The number of halogens is 1. The molecule has 0 fully saturated rings. The quantitative estimate of drug-likeness (QED) is 0.756. The van der Waals surface area contributed by atoms with Crippen molar-refractivity contribution in [3.05, 3.63) is 29.6 Å². The summed E-state index contributed by atoms with van der Waals surface area (Å²) in [7, 11) is 1.57. The van der Waals surface area contributed by atoms with Gasteiger partial charge in [0.1, 0.15) is 17.1 Å². The molecule has 0 amide bonds. The van der Waals surface area contributed by atoms with E-state index in [1.54, 1.807) is 7.11 Å². The molecular formula is C11H13FO4. The van der Waals surface area contributed by atoms with Gasteiger partial charge in [0.15, 0.2) is 0 Å². The van der Waals surface area contributed by atoms with Crippen LogP contribution in [0.2, 0.25) is 0 Å². The second kappa shape index (κ2) is 6.07. The Morgan fingerprint density at radius 1 is 1.44 bits per heavy atom. The number of carbonyl (C=O) groups is 1. The zero-order valence-electron chi connectivity index (χ0n) is 8.90. The molecule has 0 aromatic heterocycles. The second-order valence-electron chi connectivity index (χ2n) is 3.14. The normalized spacial score (nSPS) is 10.1. The lowest BCUT2D eigenvalue weighted by atomic mass is 10.2. The van der Waals surface area contributed by atoms with Gasteiger partial charge in [0.05, 0.1) is 6.61 Å². The summed E-state index contributed by atoms with van der Waals surface area (Å²) < 4.78 is 22.9. The lowest BCUT2D eigenvalue weighted by Crippen LogP contribution is -2.06. The maximum atomic E-state index is 12.8. The standard InChI is InChI=1S/C11H13FO4/c1-15-5-2-6-16-10-4-3-8(12)7-9(10)11(13)14/h3-4,7H,2,5-6H2,1H3,(H,13,14). The minimum Gasteiger partial charge on any atom is -0.493 e. The van der Waals surface area contributed by atoms with Crippen LogP contribution >= 0.6 is 0 Å². The second-order valence-corrected chi connectivity index (χ2v) is 3.14. The number of carboxylic acids is 1. The zero-order valence-corrected chi connectivity index (χ0v) is 8.90. The number of ether oxygens (including phenoxy) is 2. The van der Waals surface area contributed by atoms with E-state index in [1.165, 1.54) is 6.07 Å². The molecule has 1 aromatic rings. The number of hydrogen-bond donors (Lipinski definition) is 1. The van der Waals surface area contributed by atoms with Gasteiger partial charge in [-0.05, 0) is 18.2 Å². The number of benzene rings is 1. The van der Waals surface area contributed by atoms with Crippen LogP contribution in [0.3, 0.4) is 0 Å². The molecule has 16 heavy (non-hydrogen) atoms. The first-order valence-electron chi connectivity index (χ1n) is 4.79. The van der Waals surface area contributed by atoms with Crippen LogP contribution in [0.1, 0.15) is 16.8 Å². The molecule has 88 valence electrons. The molecular weight excluding hydrogens is 215 g/mol. The Balaban J connectivity index is 2.67. The molecule has 0 saturated carbocycles. The summed E-state index contributed by atoms with van der Waals surface area (Å²) in [6.45, 7) is 0.864. The lowest BCUT2D eigenvalue weighted by Gasteiger charge is -2.08. The third kappa shape index (κ3) is 3.51. The molecule has 0 atom stereocenters. The Bertz CT molecular complexity index is 365. The Morgan fingerprint density at radius 2 is 2.19 bits per heavy atom. The summed E-state index contributed by atoms with van der Waals surface area (Å²) >= 11 is 0. The van der Waals surface area contributed by atoms with E-state index in [2.05, 4.69) is 0 Å². The third-order valence-corrected chi connectivity index (χ3v) is 1.92. The minimum absolute atomic E-state index is 0.169. The molecule has 1 rings (SSSR count). The lowest BCUT2D eigenvalue weighted by molar-refractivity contribution is 0.0691. The molecule has 1 N–H and O–H groups in total. The molecule has 0 saturated heterocycles. The van der Waals surface area contributed by atoms with Crippen molar-refractivity contribution in [3.63, 3.8) is 0 Å². The Labute approximate surface area is 92.6 Å². The first-order valence-corrected chi connectivity index (χ1v) is 4.79. The highest BCUT2D eigenvalue weighted by Gasteiger charge is 2.12. The topological polar surface area (TPSA) is 55.8 Å². The van der Waals surface area contributed by atoms with E-state index in [0.717, 1.165) is 12.1 Å². The van der Waals surface area contributed by atoms with Crippen molar-refractivity contribution >= 4 is 5.97 Å². The highest BCUT2D eigenvalue weighted by atomic mass is 19.1. The molecule has 4 nitrogen and oxygen atoms in total. The number of hydrogen-bond acceptors (Lipinski definition) is 3. The van der Waals surface area contributed by atoms with E-state index >= 15 is 0 Å². The molecule has 0 aliphatic rings. The van der Waals surface area contributed by atoms with Crippen molar-refractivity contribution in [3.8, 4) is 5.75 Å². The van der Waals surface area contributed by atoms with E-state index in [9.17, 15) is 9.18 Å². The van der Waals surface area contributed by atoms with Crippen LogP contribution in [0, 0.1) is 5.82 Å². The van der Waals surface area contributed by atoms with Crippen molar-refractivity contribution in [2.24, 2.45) is 0 Å². The van der Waals surface area contributed by atoms with E-state index < -0.39 is 11.8 Å². The molecule has 0 spiro atoms. The first-order chi connectivity index (χ1) is 7.65. The Hall–Kier alpha value is -1.62. The summed E-state index contributed by atoms with van der Waals surface area (Å²) in [5, 5.41) is 8.82. The fraction of sp³-hybridized carbons (Fsp3) is 0.364. The van der Waals surface area contributed by atoms with Crippen LogP contribution in [-0.4, -0.2) is 31.4 Å². The molecule has 0 radical (unpaired) electrons. The monoisotopic (exact) mass is 228 g/mol. The van der Waals surface area contributed by atoms with Crippen molar-refractivity contribution in [1.82, 2.24) is 0 Å². The Kier molecular flexibility index (Phi) is 4.72. The predicted molar refractivity (Wildman–Crippen MR) is 55.3 cm³/mol. The van der Waals surface area contributed by atoms with Crippen LogP contribution in [0.15, 0.2) is 18.2 Å². The van der Waals surface area contributed by atoms with E-state index in [4.69, 9.17) is 14.6 Å². The van der Waals surface area contributed by atoms with Gasteiger partial charge in [-0.1, -0.05) is 0 Å². The summed E-state index contributed by atoms with van der Waals surface area (Å²) in [5.41, 5.74) is -0.169. The highest BCUT2D eigenvalue weighted by Crippen LogP contribution is 2.19. The molecule has 0 bridgehead atoms. The SMILES string of the molecule is COCCCOc1ccc(F)cc1C(=O)O. The van der Waals surface area contributed by atoms with Gasteiger partial charge < -0.3 is 14.6 Å². The van der Waals surface area contributed by atoms with Crippen LogP contribution in [-0.2, 0) is 4.74 Å². The summed E-state index contributed by atoms with van der Waals surface area (Å²) in [4.78, 5) is 10.8. The van der Waals surface area contributed by atoms with Crippen molar-refractivity contribution in [1.29, 1.82) is 0 Å². The number of rotatable bonds is 6. The molecule has 0 aliphatic carbocycles. The summed E-state index contributed by atoms with van der Waals surface area (Å²) in [6, 6.07) is 3.41. The van der Waals surface area contributed by atoms with Gasteiger partial charge in [-0.15, -0.1) is 0 Å². The third-order valence-electron chi connectivity index (χ3n) is 1.92. The fourth-order valence-electron chi connectivity index (χ4n) is 1.18. The average molecular weight is 228 g/mol. The number of aromatic carboxylic acids is 1. The van der Waals surface area contributed by atoms with Crippen molar-refractivity contribution in [2.75, 3.05) is 20.3 Å². The van der Waals surface area contributed by atoms with E-state index in [-0.39, 0.29) is 11.3 Å². The van der Waals surface area contributed by atoms with Gasteiger partial charge in [0.25, 0.3) is 0 Å². The smallest absolute Gasteiger partial charge is 0.339 e. The maximum Gasteiger partial charge on any atom is 0.339 e. The van der Waals surface area contributed by atoms with E-state index in [1.807, 2.05) is 0 Å². The van der Waals surface area contributed by atoms with Gasteiger partial charge in [-0.2, -0.15) is 0 Å². The summed E-state index contributed by atoms with van der Waals surface area (Å²) in [6.07, 6.45) is 0.646. The van der Waals surface area contributed by atoms with Crippen LogP contribution in [0.25, 0.3) is 0 Å². The summed E-state index contributed by atoms with van der Waals surface area (Å²) in [5.74, 6) is -1.63. The van der Waals surface area contributed by atoms with Crippen molar-refractivity contribution < 1.29 is 23.8 Å². The van der Waals surface area contributed by atoms with Gasteiger partial charge in [-0.25, -0.2) is 9.18 Å². The van der Waals surface area contributed by atoms with Crippen LogP contribution in [0.4, 0.5) is 4.39 Å². The average Bonchev–Trinajstić information content (AvgIpc) is 2.26. The predicted octanol–water partition coefficient (Wildman–Crippen LogP) is 1.94. The Morgan fingerprint density at radius 3 is 2.81 bits per heavy atom. The highest BCUT2D eigenvalue weighted by molar-refractivity contribution is 5.90.